The van der Waals surface area contributed by atoms with Gasteiger partial charge in [0.1, 0.15) is 6.10 Å². The molecule has 1 atom stereocenters. The van der Waals surface area contributed by atoms with Gasteiger partial charge in [0.2, 0.25) is 5.91 Å². The monoisotopic (exact) mass is 342 g/mol. The third-order valence-corrected chi connectivity index (χ3v) is 4.04. The van der Waals surface area contributed by atoms with Gasteiger partial charge in [-0.15, -0.1) is 0 Å². The highest BCUT2D eigenvalue weighted by molar-refractivity contribution is 5.92. The van der Waals surface area contributed by atoms with E-state index in [9.17, 15) is 4.79 Å². The van der Waals surface area contributed by atoms with Crippen molar-refractivity contribution in [3.63, 3.8) is 0 Å². The van der Waals surface area contributed by atoms with E-state index in [1.165, 1.54) is 5.56 Å². The normalized spacial score (nSPS) is 17.3. The lowest BCUT2D eigenvalue weighted by Gasteiger charge is -2.16. The Morgan fingerprint density at radius 3 is 2.68 bits per heavy atom. The van der Waals surface area contributed by atoms with E-state index in [2.05, 4.69) is 20.2 Å². The molecule has 0 spiro atoms. The highest BCUT2D eigenvalue weighted by Gasteiger charge is 2.26. The number of hydrogen-bond acceptors (Lipinski definition) is 6. The number of ether oxygens (including phenoxy) is 2. The van der Waals surface area contributed by atoms with Gasteiger partial charge in [-0.25, -0.2) is 0 Å². The second-order valence-electron chi connectivity index (χ2n) is 6.08. The number of likely N-dealkylation sites (tertiary alicyclic amines) is 1. The number of aryl methyl sites for hydroxylation is 1. The number of aromatic nitrogens is 2. The fraction of sp³-hybridized carbons (Fsp3) is 0.389. The van der Waals surface area contributed by atoms with E-state index >= 15 is 0 Å². The summed E-state index contributed by atoms with van der Waals surface area (Å²) in [6.45, 7) is 3.85. The zero-order valence-electron chi connectivity index (χ0n) is 14.4. The third-order valence-electron chi connectivity index (χ3n) is 4.04. The van der Waals surface area contributed by atoms with E-state index in [1.807, 2.05) is 31.2 Å². The van der Waals surface area contributed by atoms with Crippen LogP contribution in [0.3, 0.4) is 0 Å². The minimum absolute atomic E-state index is 0.0134. The molecule has 2 heterocycles. The Balaban J connectivity index is 1.45. The van der Waals surface area contributed by atoms with Crippen LogP contribution in [0.4, 0.5) is 5.69 Å². The van der Waals surface area contributed by atoms with Crippen molar-refractivity contribution in [2.24, 2.45) is 0 Å². The van der Waals surface area contributed by atoms with Crippen LogP contribution in [0.2, 0.25) is 0 Å². The van der Waals surface area contributed by atoms with Crippen molar-refractivity contribution in [1.29, 1.82) is 0 Å². The van der Waals surface area contributed by atoms with Gasteiger partial charge >= 0.3 is 6.01 Å². The van der Waals surface area contributed by atoms with Crippen LogP contribution in [0.15, 0.2) is 36.7 Å². The molecule has 0 saturated carbocycles. The van der Waals surface area contributed by atoms with E-state index < -0.39 is 0 Å². The molecule has 1 aromatic carbocycles. The van der Waals surface area contributed by atoms with Gasteiger partial charge in [0.05, 0.1) is 26.0 Å². The molecule has 0 bridgehead atoms. The largest absolute Gasteiger partial charge is 0.494 e. The standard InChI is InChI=1S/C18H22N4O3/c1-13-3-5-14(6-4-13)21-17(23)12-22-8-7-15(11-22)25-18-19-9-16(24-2)10-20-18/h3-6,9-10,15H,7-8,11-12H2,1-2H3,(H,21,23). The van der Waals surface area contributed by atoms with Crippen LogP contribution in [0.1, 0.15) is 12.0 Å². The first-order valence-electron chi connectivity index (χ1n) is 8.24. The van der Waals surface area contributed by atoms with Crippen molar-refractivity contribution in [2.45, 2.75) is 19.4 Å². The van der Waals surface area contributed by atoms with Crippen LogP contribution in [-0.2, 0) is 4.79 Å². The van der Waals surface area contributed by atoms with E-state index in [1.54, 1.807) is 19.5 Å². The lowest BCUT2D eigenvalue weighted by Crippen LogP contribution is -2.33. The average molecular weight is 342 g/mol. The molecule has 1 aromatic heterocycles. The van der Waals surface area contributed by atoms with Crippen LogP contribution in [-0.4, -0.2) is 53.6 Å². The Hall–Kier alpha value is -2.67. The fourth-order valence-electron chi connectivity index (χ4n) is 2.70. The van der Waals surface area contributed by atoms with Crippen LogP contribution >= 0.6 is 0 Å². The van der Waals surface area contributed by atoms with E-state index in [-0.39, 0.29) is 12.0 Å². The summed E-state index contributed by atoms with van der Waals surface area (Å²) in [5.74, 6) is 0.568. The van der Waals surface area contributed by atoms with Crippen LogP contribution in [0.25, 0.3) is 0 Å². The maximum atomic E-state index is 12.2. The van der Waals surface area contributed by atoms with Crippen molar-refractivity contribution < 1.29 is 14.3 Å². The number of benzene rings is 1. The average Bonchev–Trinajstić information content (AvgIpc) is 3.04. The topological polar surface area (TPSA) is 76.6 Å². The van der Waals surface area contributed by atoms with Gasteiger partial charge in [0, 0.05) is 18.8 Å². The summed E-state index contributed by atoms with van der Waals surface area (Å²) in [7, 11) is 1.57. The number of nitrogens with one attached hydrogen (secondary N) is 1. The predicted octanol–water partition coefficient (Wildman–Crippen LogP) is 1.89. The quantitative estimate of drug-likeness (QED) is 0.864. The zero-order valence-corrected chi connectivity index (χ0v) is 14.4. The second-order valence-corrected chi connectivity index (χ2v) is 6.08. The Morgan fingerprint density at radius 2 is 2.00 bits per heavy atom. The smallest absolute Gasteiger partial charge is 0.316 e. The molecule has 1 unspecified atom stereocenters. The molecule has 0 radical (unpaired) electrons. The molecule has 7 heteroatoms. The molecule has 7 nitrogen and oxygen atoms in total. The number of rotatable bonds is 6. The maximum absolute atomic E-state index is 12.2. The van der Waals surface area contributed by atoms with Gasteiger partial charge in [-0.2, -0.15) is 9.97 Å². The lowest BCUT2D eigenvalue weighted by atomic mass is 10.2. The van der Waals surface area contributed by atoms with Crippen molar-refractivity contribution in [3.05, 3.63) is 42.2 Å². The third kappa shape index (κ3) is 4.90. The molecule has 1 aliphatic heterocycles. The fourth-order valence-corrected chi connectivity index (χ4v) is 2.70. The first kappa shape index (κ1) is 17.2. The summed E-state index contributed by atoms with van der Waals surface area (Å²) in [6, 6.07) is 8.10. The minimum atomic E-state index is -0.0230. The zero-order chi connectivity index (χ0) is 17.6. The molecule has 1 fully saturated rings. The molecule has 0 aliphatic carbocycles. The first-order chi connectivity index (χ1) is 12.1. The molecule has 1 N–H and O–H groups in total. The highest BCUT2D eigenvalue weighted by Crippen LogP contribution is 2.16. The van der Waals surface area contributed by atoms with Crippen molar-refractivity contribution in [1.82, 2.24) is 14.9 Å². The molecule has 3 rings (SSSR count). The van der Waals surface area contributed by atoms with Crippen LogP contribution in [0, 0.1) is 6.92 Å². The number of methoxy groups -OCH3 is 1. The van der Waals surface area contributed by atoms with Crippen molar-refractivity contribution >= 4 is 11.6 Å². The van der Waals surface area contributed by atoms with Gasteiger partial charge in [0.15, 0.2) is 5.75 Å². The molecule has 25 heavy (non-hydrogen) atoms. The van der Waals surface area contributed by atoms with E-state index in [0.717, 1.165) is 18.7 Å². The van der Waals surface area contributed by atoms with Gasteiger partial charge < -0.3 is 14.8 Å². The molecular formula is C18H22N4O3. The van der Waals surface area contributed by atoms with Crippen molar-refractivity contribution in [3.8, 4) is 11.8 Å². The van der Waals surface area contributed by atoms with E-state index in [0.29, 0.717) is 24.8 Å². The molecule has 1 amide bonds. The van der Waals surface area contributed by atoms with Crippen molar-refractivity contribution in [2.75, 3.05) is 32.1 Å². The summed E-state index contributed by atoms with van der Waals surface area (Å²) < 4.78 is 10.8. The maximum Gasteiger partial charge on any atom is 0.316 e. The molecule has 1 aliphatic rings. The molecule has 2 aromatic rings. The minimum Gasteiger partial charge on any atom is -0.494 e. The summed E-state index contributed by atoms with van der Waals surface area (Å²) in [4.78, 5) is 22.4. The number of carbonyl (C=O) groups is 1. The second kappa shape index (κ2) is 7.94. The number of nitrogens with zero attached hydrogens (tertiary/aromatic N) is 3. The lowest BCUT2D eigenvalue weighted by molar-refractivity contribution is -0.117. The highest BCUT2D eigenvalue weighted by atomic mass is 16.5. The molecular weight excluding hydrogens is 320 g/mol. The summed E-state index contributed by atoms with van der Waals surface area (Å²) >= 11 is 0. The summed E-state index contributed by atoms with van der Waals surface area (Å²) in [6.07, 6.45) is 3.97. The molecule has 1 saturated heterocycles. The number of amides is 1. The Morgan fingerprint density at radius 1 is 1.28 bits per heavy atom. The van der Waals surface area contributed by atoms with Gasteiger partial charge in [0.25, 0.3) is 0 Å². The molecule has 132 valence electrons. The first-order valence-corrected chi connectivity index (χ1v) is 8.24. The number of carbonyl (C=O) groups excluding carboxylic acids is 1. The number of hydrogen-bond donors (Lipinski definition) is 1. The Kier molecular flexibility index (Phi) is 5.45. The van der Waals surface area contributed by atoms with Gasteiger partial charge in [-0.3, -0.25) is 9.69 Å². The summed E-state index contributed by atoms with van der Waals surface area (Å²) in [5, 5.41) is 2.91. The predicted molar refractivity (Wildman–Crippen MR) is 93.9 cm³/mol. The van der Waals surface area contributed by atoms with E-state index in [4.69, 9.17) is 9.47 Å². The van der Waals surface area contributed by atoms with Crippen LogP contribution in [0.5, 0.6) is 11.8 Å². The Bertz CT molecular complexity index is 703. The van der Waals surface area contributed by atoms with Gasteiger partial charge in [-0.05, 0) is 25.5 Å². The van der Waals surface area contributed by atoms with Crippen LogP contribution < -0.4 is 14.8 Å². The SMILES string of the molecule is COc1cnc(OC2CCN(CC(=O)Nc3ccc(C)cc3)C2)nc1. The number of anilines is 1. The van der Waals surface area contributed by atoms with Gasteiger partial charge in [-0.1, -0.05) is 17.7 Å². The Labute approximate surface area is 147 Å². The summed E-state index contributed by atoms with van der Waals surface area (Å²) in [5.41, 5.74) is 1.98.